The number of para-hydroxylation sites is 1. The zero-order valence-electron chi connectivity index (χ0n) is 12.4. The molecular weight excluding hydrogens is 250 g/mol. The van der Waals surface area contributed by atoms with Crippen molar-refractivity contribution in [2.45, 2.75) is 46.3 Å². The fraction of sp³-hybridized carbons (Fsp3) is 0.438. The van der Waals surface area contributed by atoms with Crippen molar-refractivity contribution in [1.82, 2.24) is 10.2 Å². The van der Waals surface area contributed by atoms with Gasteiger partial charge in [0.2, 0.25) is 0 Å². The number of ether oxygens (including phenoxy) is 1. The van der Waals surface area contributed by atoms with Crippen molar-refractivity contribution < 1.29 is 4.74 Å². The highest BCUT2D eigenvalue weighted by Gasteiger charge is 2.12. The van der Waals surface area contributed by atoms with Gasteiger partial charge in [-0.1, -0.05) is 32.0 Å². The molecule has 3 N–H and O–H groups in total. The van der Waals surface area contributed by atoms with Crippen molar-refractivity contribution >= 4 is 0 Å². The standard InChI is InChI=1S/C16H23N3O/c1-4-11(2)13-7-5-6-8-16(13)20-10-15-14(9-17)12(3)18-19-15/h5-8,11H,4,9-10,17H2,1-3H3,(H,18,19). The van der Waals surface area contributed by atoms with Gasteiger partial charge in [0.25, 0.3) is 0 Å². The van der Waals surface area contributed by atoms with Crippen LogP contribution in [-0.4, -0.2) is 10.2 Å². The monoisotopic (exact) mass is 273 g/mol. The molecule has 1 aromatic carbocycles. The number of benzene rings is 1. The average Bonchev–Trinajstić information content (AvgIpc) is 2.84. The molecular formula is C16H23N3O. The van der Waals surface area contributed by atoms with E-state index in [0.29, 0.717) is 19.1 Å². The lowest BCUT2D eigenvalue weighted by molar-refractivity contribution is 0.295. The first-order valence-corrected chi connectivity index (χ1v) is 7.11. The van der Waals surface area contributed by atoms with Crippen LogP contribution in [0.4, 0.5) is 0 Å². The van der Waals surface area contributed by atoms with E-state index in [0.717, 1.165) is 29.1 Å². The third-order valence-corrected chi connectivity index (χ3v) is 3.79. The molecule has 20 heavy (non-hydrogen) atoms. The molecule has 108 valence electrons. The second kappa shape index (κ2) is 6.57. The molecule has 0 radical (unpaired) electrons. The zero-order valence-corrected chi connectivity index (χ0v) is 12.4. The molecule has 0 bridgehead atoms. The van der Waals surface area contributed by atoms with Crippen LogP contribution < -0.4 is 10.5 Å². The van der Waals surface area contributed by atoms with E-state index in [9.17, 15) is 0 Å². The van der Waals surface area contributed by atoms with Crippen LogP contribution in [0.1, 0.15) is 48.7 Å². The summed E-state index contributed by atoms with van der Waals surface area (Å²) in [7, 11) is 0. The molecule has 0 saturated heterocycles. The van der Waals surface area contributed by atoms with Crippen LogP contribution >= 0.6 is 0 Å². The Hall–Kier alpha value is -1.81. The molecule has 2 aromatic rings. The van der Waals surface area contributed by atoms with Crippen molar-refractivity contribution in [1.29, 1.82) is 0 Å². The quantitative estimate of drug-likeness (QED) is 0.849. The van der Waals surface area contributed by atoms with Gasteiger partial charge >= 0.3 is 0 Å². The van der Waals surface area contributed by atoms with Gasteiger partial charge < -0.3 is 10.5 Å². The van der Waals surface area contributed by atoms with Gasteiger partial charge in [-0.15, -0.1) is 0 Å². The minimum Gasteiger partial charge on any atom is -0.487 e. The minimum absolute atomic E-state index is 0.449. The second-order valence-electron chi connectivity index (χ2n) is 5.11. The summed E-state index contributed by atoms with van der Waals surface area (Å²) in [6.07, 6.45) is 1.09. The molecule has 0 aliphatic rings. The molecule has 0 amide bonds. The molecule has 1 unspecified atom stereocenters. The minimum atomic E-state index is 0.449. The van der Waals surface area contributed by atoms with E-state index < -0.39 is 0 Å². The Bertz CT molecular complexity index is 563. The largest absolute Gasteiger partial charge is 0.487 e. The summed E-state index contributed by atoms with van der Waals surface area (Å²) in [6.45, 7) is 7.31. The normalized spacial score (nSPS) is 12.4. The van der Waals surface area contributed by atoms with Crippen LogP contribution in [0.25, 0.3) is 0 Å². The fourth-order valence-corrected chi connectivity index (χ4v) is 2.28. The van der Waals surface area contributed by atoms with Gasteiger partial charge in [-0.2, -0.15) is 5.10 Å². The molecule has 4 nitrogen and oxygen atoms in total. The van der Waals surface area contributed by atoms with Gasteiger partial charge in [-0.25, -0.2) is 0 Å². The molecule has 0 fully saturated rings. The van der Waals surface area contributed by atoms with E-state index in [1.165, 1.54) is 5.56 Å². The fourth-order valence-electron chi connectivity index (χ4n) is 2.28. The lowest BCUT2D eigenvalue weighted by Crippen LogP contribution is -2.06. The Morgan fingerprint density at radius 1 is 1.35 bits per heavy atom. The van der Waals surface area contributed by atoms with Crippen LogP contribution in [0, 0.1) is 6.92 Å². The molecule has 0 spiro atoms. The predicted molar refractivity (Wildman–Crippen MR) is 80.7 cm³/mol. The first-order chi connectivity index (χ1) is 9.67. The lowest BCUT2D eigenvalue weighted by Gasteiger charge is -2.15. The highest BCUT2D eigenvalue weighted by molar-refractivity contribution is 5.36. The van der Waals surface area contributed by atoms with Crippen LogP contribution in [0.2, 0.25) is 0 Å². The molecule has 0 saturated carbocycles. The Morgan fingerprint density at radius 2 is 2.10 bits per heavy atom. The molecule has 0 aliphatic heterocycles. The number of hydrogen-bond donors (Lipinski definition) is 2. The van der Waals surface area contributed by atoms with Crippen molar-refractivity contribution in [2.24, 2.45) is 5.73 Å². The summed E-state index contributed by atoms with van der Waals surface area (Å²) in [5.41, 5.74) is 9.95. The Morgan fingerprint density at radius 3 is 2.80 bits per heavy atom. The number of aryl methyl sites for hydroxylation is 1. The van der Waals surface area contributed by atoms with Gasteiger partial charge in [0, 0.05) is 17.8 Å². The van der Waals surface area contributed by atoms with Gasteiger partial charge in [0.05, 0.1) is 0 Å². The van der Waals surface area contributed by atoms with Crippen molar-refractivity contribution in [3.05, 3.63) is 46.8 Å². The summed E-state index contributed by atoms with van der Waals surface area (Å²) in [4.78, 5) is 0. The Labute approximate surface area is 120 Å². The molecule has 1 heterocycles. The number of nitrogens with zero attached hydrogens (tertiary/aromatic N) is 1. The number of H-pyrrole nitrogens is 1. The molecule has 1 atom stereocenters. The van der Waals surface area contributed by atoms with Gasteiger partial charge in [-0.05, 0) is 30.9 Å². The predicted octanol–water partition coefficient (Wildman–Crippen LogP) is 3.27. The maximum atomic E-state index is 5.96. The van der Waals surface area contributed by atoms with E-state index in [1.54, 1.807) is 0 Å². The first-order valence-electron chi connectivity index (χ1n) is 7.11. The molecule has 1 aromatic heterocycles. The van der Waals surface area contributed by atoms with E-state index in [2.05, 4.69) is 36.2 Å². The summed E-state index contributed by atoms with van der Waals surface area (Å²) in [5, 5.41) is 7.23. The third kappa shape index (κ3) is 3.02. The number of aromatic amines is 1. The Balaban J connectivity index is 2.15. The SMILES string of the molecule is CCC(C)c1ccccc1OCc1n[nH]c(C)c1CN. The molecule has 4 heteroatoms. The smallest absolute Gasteiger partial charge is 0.132 e. The summed E-state index contributed by atoms with van der Waals surface area (Å²) < 4.78 is 5.96. The molecule has 0 aliphatic carbocycles. The summed E-state index contributed by atoms with van der Waals surface area (Å²) in [6, 6.07) is 8.20. The molecule has 2 rings (SSSR count). The third-order valence-electron chi connectivity index (χ3n) is 3.79. The maximum Gasteiger partial charge on any atom is 0.132 e. The van der Waals surface area contributed by atoms with Crippen LogP contribution in [0.5, 0.6) is 5.75 Å². The van der Waals surface area contributed by atoms with Gasteiger partial charge in [0.15, 0.2) is 0 Å². The van der Waals surface area contributed by atoms with Crippen molar-refractivity contribution in [3.8, 4) is 5.75 Å². The average molecular weight is 273 g/mol. The Kier molecular flexibility index (Phi) is 4.79. The van der Waals surface area contributed by atoms with Crippen molar-refractivity contribution in [2.75, 3.05) is 0 Å². The van der Waals surface area contributed by atoms with Crippen LogP contribution in [0.3, 0.4) is 0 Å². The number of nitrogens with two attached hydrogens (primary N) is 1. The zero-order chi connectivity index (χ0) is 14.5. The van der Waals surface area contributed by atoms with Crippen molar-refractivity contribution in [3.63, 3.8) is 0 Å². The summed E-state index contributed by atoms with van der Waals surface area (Å²) in [5.74, 6) is 1.42. The highest BCUT2D eigenvalue weighted by atomic mass is 16.5. The highest BCUT2D eigenvalue weighted by Crippen LogP contribution is 2.29. The van der Waals surface area contributed by atoms with Crippen LogP contribution in [-0.2, 0) is 13.2 Å². The van der Waals surface area contributed by atoms with Gasteiger partial charge in [0.1, 0.15) is 18.1 Å². The van der Waals surface area contributed by atoms with E-state index in [-0.39, 0.29) is 0 Å². The van der Waals surface area contributed by atoms with Crippen LogP contribution in [0.15, 0.2) is 24.3 Å². The van der Waals surface area contributed by atoms with E-state index >= 15 is 0 Å². The first kappa shape index (κ1) is 14.6. The number of aromatic nitrogens is 2. The number of nitrogens with one attached hydrogen (secondary N) is 1. The second-order valence-corrected chi connectivity index (χ2v) is 5.11. The van der Waals surface area contributed by atoms with E-state index in [4.69, 9.17) is 10.5 Å². The number of rotatable bonds is 6. The van der Waals surface area contributed by atoms with E-state index in [1.807, 2.05) is 19.1 Å². The topological polar surface area (TPSA) is 63.9 Å². The lowest BCUT2D eigenvalue weighted by atomic mass is 9.98. The maximum absolute atomic E-state index is 5.96. The summed E-state index contributed by atoms with van der Waals surface area (Å²) >= 11 is 0. The van der Waals surface area contributed by atoms with Gasteiger partial charge in [-0.3, -0.25) is 5.10 Å². The number of hydrogen-bond acceptors (Lipinski definition) is 3.